The summed E-state index contributed by atoms with van der Waals surface area (Å²) in [6, 6.07) is 1.11. The van der Waals surface area contributed by atoms with Crippen LogP contribution >= 0.6 is 0 Å². The number of aliphatic hydroxyl groups excluding tert-OH is 1. The fourth-order valence-electron chi connectivity index (χ4n) is 14.1. The van der Waals surface area contributed by atoms with Gasteiger partial charge in [0.25, 0.3) is 0 Å². The van der Waals surface area contributed by atoms with E-state index >= 15 is 19.2 Å². The van der Waals surface area contributed by atoms with E-state index in [1.54, 1.807) is 111 Å². The van der Waals surface area contributed by atoms with Gasteiger partial charge in [0, 0.05) is 112 Å². The van der Waals surface area contributed by atoms with E-state index in [1.165, 1.54) is 25.3 Å². The van der Waals surface area contributed by atoms with Crippen LogP contribution in [0.4, 0.5) is 0 Å². The topological polar surface area (TPSA) is 252 Å². The zero-order valence-corrected chi connectivity index (χ0v) is 49.2. The molecule has 6 N–H and O–H groups in total. The Bertz CT molecular complexity index is 2300. The summed E-state index contributed by atoms with van der Waals surface area (Å²) < 4.78 is 32.0. The van der Waals surface area contributed by atoms with Gasteiger partial charge >= 0.3 is 23.9 Å². The van der Waals surface area contributed by atoms with Crippen molar-refractivity contribution in [1.82, 2.24) is 25.3 Å². The number of hydrogen-bond donors (Lipinski definition) is 6. The highest BCUT2D eigenvalue weighted by Gasteiger charge is 2.53. The Hall–Kier alpha value is -3.38. The highest BCUT2D eigenvalue weighted by atomic mass is 16.6. The second kappa shape index (κ2) is 20.3. The largest absolute Gasteiger partial charge is 0.459 e. The molecular weight excluding hydrogens is 983 g/mol. The van der Waals surface area contributed by atoms with Crippen LogP contribution in [0.15, 0.2) is 6.07 Å². The highest BCUT2D eigenvalue weighted by Crippen LogP contribution is 2.46. The average Bonchev–Trinajstić information content (AvgIpc) is 3.22. The predicted octanol–water partition coefficient (Wildman–Crippen LogP) is 9.38. The van der Waals surface area contributed by atoms with Crippen molar-refractivity contribution in [2.75, 3.05) is 0 Å². The first kappa shape index (κ1) is 61.8. The van der Waals surface area contributed by atoms with Gasteiger partial charge < -0.3 is 54.8 Å². The Morgan fingerprint density at radius 1 is 0.368 bits per heavy atom. The predicted molar refractivity (Wildman–Crippen MR) is 278 cm³/mol. The van der Waals surface area contributed by atoms with Crippen LogP contribution in [-0.2, 0) is 23.7 Å². The number of carbonyl (C=O) groups excluding carboxylic acids is 4. The summed E-state index contributed by atoms with van der Waals surface area (Å²) in [4.78, 5) is 62.3. The number of carbonyl (C=O) groups is 4. The summed E-state index contributed by atoms with van der Waals surface area (Å²) >= 11 is 0. The van der Waals surface area contributed by atoms with E-state index in [9.17, 15) is 31.1 Å². The third kappa shape index (κ3) is 12.3. The van der Waals surface area contributed by atoms with Crippen molar-refractivity contribution in [2.24, 2.45) is 0 Å². The maximum Gasteiger partial charge on any atom is 0.340 e. The maximum absolute atomic E-state index is 15.8. The average molecular weight is 1080 g/mol. The molecule has 1 unspecified atom stereocenters. The molecule has 6 rings (SSSR count). The van der Waals surface area contributed by atoms with Gasteiger partial charge in [-0.25, -0.2) is 19.2 Å². The Balaban J connectivity index is 1.64. The van der Waals surface area contributed by atoms with E-state index in [2.05, 4.69) is 0 Å². The van der Waals surface area contributed by atoms with E-state index in [-0.39, 0.29) is 64.2 Å². The number of nitrogens with zero attached hydrogens (tertiary/aromatic N) is 5. The summed E-state index contributed by atoms with van der Waals surface area (Å²) in [5.74, 6) is -4.74. The molecule has 0 aromatic heterocycles. The normalized spacial score (nSPS) is 27.6. The number of esters is 4. The molecule has 5 saturated heterocycles. The number of benzene rings is 1. The van der Waals surface area contributed by atoms with Crippen LogP contribution in [-0.4, -0.2) is 166 Å². The van der Waals surface area contributed by atoms with Gasteiger partial charge in [0.15, 0.2) is 6.29 Å². The molecule has 0 radical (unpaired) electrons. The van der Waals surface area contributed by atoms with Gasteiger partial charge in [-0.15, -0.1) is 0 Å². The van der Waals surface area contributed by atoms with Crippen LogP contribution in [0.25, 0.3) is 0 Å². The number of aliphatic hydroxyl groups is 1. The molecule has 76 heavy (non-hydrogen) atoms. The van der Waals surface area contributed by atoms with Crippen LogP contribution in [0.3, 0.4) is 0 Å². The number of rotatable bonds is 11. The van der Waals surface area contributed by atoms with Crippen molar-refractivity contribution in [3.8, 4) is 0 Å². The summed E-state index contributed by atoms with van der Waals surface area (Å²) in [6.45, 7) is 35.8. The van der Waals surface area contributed by atoms with E-state index < -0.39 is 144 Å². The van der Waals surface area contributed by atoms with E-state index in [1.807, 2.05) is 27.7 Å². The molecule has 5 heterocycles. The second-order valence-electron chi connectivity index (χ2n) is 29.1. The zero-order chi connectivity index (χ0) is 57.9. The van der Waals surface area contributed by atoms with Gasteiger partial charge in [0.1, 0.15) is 24.4 Å². The van der Waals surface area contributed by atoms with Crippen molar-refractivity contribution in [2.45, 2.75) is 295 Å². The fourth-order valence-corrected chi connectivity index (χ4v) is 14.1. The number of hydroxylamine groups is 10. The zero-order valence-electron chi connectivity index (χ0n) is 49.2. The van der Waals surface area contributed by atoms with Crippen molar-refractivity contribution >= 4 is 23.9 Å². The number of piperidine rings is 5. The molecule has 5 aliphatic heterocycles. The third-order valence-corrected chi connectivity index (χ3v) is 16.9. The molecule has 432 valence electrons. The Kier molecular flexibility index (Phi) is 16.5. The summed E-state index contributed by atoms with van der Waals surface area (Å²) in [6.07, 6.45) is -5.21. The molecule has 0 aliphatic carbocycles. The minimum atomic E-state index is -2.10. The lowest BCUT2D eigenvalue weighted by atomic mass is 9.79. The third-order valence-electron chi connectivity index (χ3n) is 16.9. The van der Waals surface area contributed by atoms with Gasteiger partial charge in [0.05, 0.1) is 28.4 Å². The van der Waals surface area contributed by atoms with Gasteiger partial charge in [-0.05, 0) is 157 Å². The standard InChI is InChI=1S/C56H93N5O15/c1-47(2)22-32(23-48(3,4)57(47)67)72-42(62)37-21-38(43(63)73-33-24-49(5,6)58(68)50(7,8)25-33)40(45(65)75-35-28-53(13,14)60(70)54(15,16)29-35)41(46(66)76-36-30-55(17,18)61(71)56(19,20)31-36)39(37)44(64)74-34-26-51(9,10)59(69)52(11,12)27-34/h21,32-36,42,62,67-71H,22-31H2,1-20H3. The molecule has 0 spiro atoms. The maximum atomic E-state index is 15.8. The molecule has 0 bridgehead atoms. The lowest BCUT2D eigenvalue weighted by Crippen LogP contribution is -2.61. The Morgan fingerprint density at radius 2 is 0.579 bits per heavy atom. The van der Waals surface area contributed by atoms with Gasteiger partial charge in [-0.2, -0.15) is 25.3 Å². The second-order valence-corrected chi connectivity index (χ2v) is 29.1. The first-order chi connectivity index (χ1) is 34.2. The summed E-state index contributed by atoms with van der Waals surface area (Å²) in [7, 11) is 0. The molecule has 1 aromatic carbocycles. The number of hydrogen-bond acceptors (Lipinski definition) is 20. The van der Waals surface area contributed by atoms with E-state index in [0.717, 1.165) is 6.07 Å². The Labute approximate surface area is 450 Å². The molecule has 5 aliphatic rings. The van der Waals surface area contributed by atoms with Crippen molar-refractivity contribution in [3.63, 3.8) is 0 Å². The van der Waals surface area contributed by atoms with Crippen LogP contribution in [0.1, 0.15) is 256 Å². The first-order valence-corrected chi connectivity index (χ1v) is 27.0. The van der Waals surface area contributed by atoms with Crippen LogP contribution < -0.4 is 0 Å². The summed E-state index contributed by atoms with van der Waals surface area (Å²) in [5, 5.41) is 75.0. The molecule has 0 amide bonds. The van der Waals surface area contributed by atoms with Gasteiger partial charge in [-0.1, -0.05) is 0 Å². The SMILES string of the molecule is CC1(C)CC(OC(=O)c2cc(C(O)OC3CC(C)(C)N(O)C(C)(C)C3)c(C(=O)OC3CC(C)(C)N(O)C(C)(C)C3)c(C(=O)OC3CC(C)(C)N(O)C(C)(C)C3)c2C(=O)OC2CC(C)(C)N(O)C(C)(C)C2)CC(C)(C)N1O. The molecular formula is C56H93N5O15. The fraction of sp³-hybridized carbons (Fsp3) is 0.821. The Morgan fingerprint density at radius 3 is 0.842 bits per heavy atom. The van der Waals surface area contributed by atoms with Gasteiger partial charge in [-0.3, -0.25) is 0 Å². The van der Waals surface area contributed by atoms with Crippen LogP contribution in [0.2, 0.25) is 0 Å². The van der Waals surface area contributed by atoms with Crippen LogP contribution in [0, 0.1) is 0 Å². The number of ether oxygens (including phenoxy) is 5. The minimum Gasteiger partial charge on any atom is -0.459 e. The molecule has 1 aromatic rings. The minimum absolute atomic E-state index is 0.0939. The smallest absolute Gasteiger partial charge is 0.340 e. The quantitative estimate of drug-likeness (QED) is 0.0685. The monoisotopic (exact) mass is 1080 g/mol. The first-order valence-electron chi connectivity index (χ1n) is 27.0. The lowest BCUT2D eigenvalue weighted by Gasteiger charge is -2.51. The highest BCUT2D eigenvalue weighted by molar-refractivity contribution is 6.16. The van der Waals surface area contributed by atoms with Crippen molar-refractivity contribution in [1.29, 1.82) is 0 Å². The van der Waals surface area contributed by atoms with Crippen LogP contribution in [0.5, 0.6) is 0 Å². The van der Waals surface area contributed by atoms with Gasteiger partial charge in [0.2, 0.25) is 0 Å². The molecule has 20 heteroatoms. The van der Waals surface area contributed by atoms with E-state index in [4.69, 9.17) is 23.7 Å². The van der Waals surface area contributed by atoms with Crippen molar-refractivity contribution < 1.29 is 74.0 Å². The molecule has 5 fully saturated rings. The van der Waals surface area contributed by atoms with E-state index in [0.29, 0.717) is 0 Å². The molecule has 0 saturated carbocycles. The lowest BCUT2D eigenvalue weighted by molar-refractivity contribution is -0.275. The molecule has 1 atom stereocenters. The summed E-state index contributed by atoms with van der Waals surface area (Å²) in [5.41, 5.74) is -12.2. The molecule has 20 nitrogen and oxygen atoms in total. The van der Waals surface area contributed by atoms with Crippen molar-refractivity contribution in [3.05, 3.63) is 33.9 Å².